The number of nitrogens with zero attached hydrogens (tertiary/aromatic N) is 2. The third-order valence-electron chi connectivity index (χ3n) is 3.42. The van der Waals surface area contributed by atoms with E-state index in [0.29, 0.717) is 17.9 Å². The van der Waals surface area contributed by atoms with Crippen LogP contribution in [-0.4, -0.2) is 29.2 Å². The summed E-state index contributed by atoms with van der Waals surface area (Å²) in [7, 11) is 0. The Kier molecular flexibility index (Phi) is 3.38. The zero-order chi connectivity index (χ0) is 13.3. The molecule has 0 amide bonds. The number of β-amino-alcohol motifs (C(OH)–C–C–N with tert-alkyl or cyclic N) is 1. The fourth-order valence-corrected chi connectivity index (χ4v) is 2.19. The number of benzene rings is 1. The van der Waals surface area contributed by atoms with E-state index in [4.69, 9.17) is 5.73 Å². The van der Waals surface area contributed by atoms with Gasteiger partial charge in [-0.05, 0) is 18.4 Å². The molecule has 1 heterocycles. The van der Waals surface area contributed by atoms with Crippen molar-refractivity contribution in [3.05, 3.63) is 28.3 Å². The molecular formula is C12H17N3O3. The highest BCUT2D eigenvalue weighted by Gasteiger charge is 2.25. The minimum absolute atomic E-state index is 0.0156. The molecule has 1 aromatic rings. The van der Waals surface area contributed by atoms with Crippen LogP contribution < -0.4 is 10.6 Å². The molecule has 1 aliphatic rings. The molecule has 1 fully saturated rings. The standard InChI is InChI=1S/C12H17N3O3/c1-8-2-3-14(7-12(8)16)10-4-9(13)5-11(6-10)15(17)18/h4-6,8,12,16H,2-3,7,13H2,1H3. The van der Waals surface area contributed by atoms with Gasteiger partial charge in [0.25, 0.3) is 5.69 Å². The van der Waals surface area contributed by atoms with Crippen LogP contribution in [0.2, 0.25) is 0 Å². The van der Waals surface area contributed by atoms with Crippen LogP contribution in [0, 0.1) is 16.0 Å². The summed E-state index contributed by atoms with van der Waals surface area (Å²) >= 11 is 0. The molecule has 2 rings (SSSR count). The number of aliphatic hydroxyl groups is 1. The van der Waals surface area contributed by atoms with Gasteiger partial charge in [-0.15, -0.1) is 0 Å². The van der Waals surface area contributed by atoms with Crippen molar-refractivity contribution in [1.82, 2.24) is 0 Å². The lowest BCUT2D eigenvalue weighted by atomic mass is 9.95. The largest absolute Gasteiger partial charge is 0.398 e. The van der Waals surface area contributed by atoms with Gasteiger partial charge in [0.05, 0.1) is 11.0 Å². The van der Waals surface area contributed by atoms with E-state index in [0.717, 1.165) is 13.0 Å². The monoisotopic (exact) mass is 251 g/mol. The Morgan fingerprint density at radius 1 is 1.50 bits per heavy atom. The molecule has 1 aliphatic heterocycles. The van der Waals surface area contributed by atoms with Crippen LogP contribution in [0.15, 0.2) is 18.2 Å². The van der Waals surface area contributed by atoms with E-state index in [2.05, 4.69) is 0 Å². The number of hydrogen-bond donors (Lipinski definition) is 2. The van der Waals surface area contributed by atoms with Crippen LogP contribution in [0.4, 0.5) is 17.1 Å². The Bertz CT molecular complexity index is 464. The van der Waals surface area contributed by atoms with Crippen LogP contribution >= 0.6 is 0 Å². The van der Waals surface area contributed by atoms with Crippen molar-refractivity contribution in [2.75, 3.05) is 23.7 Å². The number of nitrogen functional groups attached to an aromatic ring is 1. The molecule has 2 unspecified atom stereocenters. The van der Waals surface area contributed by atoms with Crippen LogP contribution in [0.1, 0.15) is 13.3 Å². The second-order valence-corrected chi connectivity index (χ2v) is 4.82. The Morgan fingerprint density at radius 2 is 2.22 bits per heavy atom. The summed E-state index contributed by atoms with van der Waals surface area (Å²) in [5, 5.41) is 20.6. The summed E-state index contributed by atoms with van der Waals surface area (Å²) in [5.74, 6) is 0.261. The lowest BCUT2D eigenvalue weighted by Crippen LogP contribution is -2.42. The maximum absolute atomic E-state index is 10.8. The summed E-state index contributed by atoms with van der Waals surface area (Å²) in [6.45, 7) is 3.27. The predicted octanol–water partition coefficient (Wildman–Crippen LogP) is 1.38. The van der Waals surface area contributed by atoms with E-state index in [1.165, 1.54) is 12.1 Å². The van der Waals surface area contributed by atoms with Gasteiger partial charge in [0, 0.05) is 36.6 Å². The number of aliphatic hydroxyl groups excluding tert-OH is 1. The smallest absolute Gasteiger partial charge is 0.273 e. The van der Waals surface area contributed by atoms with Gasteiger partial charge in [-0.1, -0.05) is 6.92 Å². The van der Waals surface area contributed by atoms with Crippen LogP contribution in [0.3, 0.4) is 0 Å². The molecular weight excluding hydrogens is 234 g/mol. The molecule has 98 valence electrons. The van der Waals surface area contributed by atoms with E-state index in [1.807, 2.05) is 11.8 Å². The number of nitro benzene ring substituents is 1. The third kappa shape index (κ3) is 2.53. The number of rotatable bonds is 2. The first-order valence-electron chi connectivity index (χ1n) is 5.95. The Labute approximate surface area is 105 Å². The number of non-ortho nitro benzene ring substituents is 1. The van der Waals surface area contributed by atoms with Crippen molar-refractivity contribution in [2.45, 2.75) is 19.4 Å². The molecule has 0 spiro atoms. The first-order chi connectivity index (χ1) is 8.47. The fraction of sp³-hybridized carbons (Fsp3) is 0.500. The van der Waals surface area contributed by atoms with Crippen molar-refractivity contribution < 1.29 is 10.0 Å². The predicted molar refractivity (Wildman–Crippen MR) is 69.5 cm³/mol. The highest BCUT2D eigenvalue weighted by molar-refractivity contribution is 5.63. The quantitative estimate of drug-likeness (QED) is 0.470. The molecule has 6 nitrogen and oxygen atoms in total. The molecule has 0 aliphatic carbocycles. The molecule has 18 heavy (non-hydrogen) atoms. The summed E-state index contributed by atoms with van der Waals surface area (Å²) in [6.07, 6.45) is 0.461. The van der Waals surface area contributed by atoms with E-state index >= 15 is 0 Å². The minimum atomic E-state index is -0.455. The van der Waals surface area contributed by atoms with Gasteiger partial charge in [0.15, 0.2) is 0 Å². The summed E-state index contributed by atoms with van der Waals surface area (Å²) in [5.41, 5.74) is 6.73. The molecule has 3 N–H and O–H groups in total. The summed E-state index contributed by atoms with van der Waals surface area (Å²) in [6, 6.07) is 4.54. The average Bonchev–Trinajstić information content (AvgIpc) is 2.31. The van der Waals surface area contributed by atoms with E-state index in [-0.39, 0.29) is 11.6 Å². The van der Waals surface area contributed by atoms with Crippen LogP contribution in [0.5, 0.6) is 0 Å². The van der Waals surface area contributed by atoms with Gasteiger partial charge < -0.3 is 15.7 Å². The number of anilines is 2. The van der Waals surface area contributed by atoms with Gasteiger partial charge in [-0.2, -0.15) is 0 Å². The van der Waals surface area contributed by atoms with Gasteiger partial charge >= 0.3 is 0 Å². The summed E-state index contributed by atoms with van der Waals surface area (Å²) < 4.78 is 0. The number of hydrogen-bond acceptors (Lipinski definition) is 5. The second-order valence-electron chi connectivity index (χ2n) is 4.82. The molecule has 2 atom stereocenters. The third-order valence-corrected chi connectivity index (χ3v) is 3.42. The number of nitro groups is 1. The SMILES string of the molecule is CC1CCN(c2cc(N)cc([N+](=O)[O-])c2)CC1O. The Morgan fingerprint density at radius 3 is 2.83 bits per heavy atom. The fourth-order valence-electron chi connectivity index (χ4n) is 2.19. The van der Waals surface area contributed by atoms with Gasteiger partial charge in [0.1, 0.15) is 0 Å². The zero-order valence-corrected chi connectivity index (χ0v) is 10.2. The first-order valence-corrected chi connectivity index (χ1v) is 5.95. The van der Waals surface area contributed by atoms with Crippen LogP contribution in [0.25, 0.3) is 0 Å². The van der Waals surface area contributed by atoms with Crippen LogP contribution in [-0.2, 0) is 0 Å². The van der Waals surface area contributed by atoms with Crippen molar-refractivity contribution in [2.24, 2.45) is 5.92 Å². The van der Waals surface area contributed by atoms with E-state index in [9.17, 15) is 15.2 Å². The van der Waals surface area contributed by atoms with E-state index < -0.39 is 11.0 Å². The zero-order valence-electron chi connectivity index (χ0n) is 10.2. The van der Waals surface area contributed by atoms with Crippen molar-refractivity contribution >= 4 is 17.1 Å². The minimum Gasteiger partial charge on any atom is -0.398 e. The Hall–Kier alpha value is -1.82. The van der Waals surface area contributed by atoms with Crippen molar-refractivity contribution in [3.63, 3.8) is 0 Å². The number of piperidine rings is 1. The van der Waals surface area contributed by atoms with Gasteiger partial charge in [-0.25, -0.2) is 0 Å². The highest BCUT2D eigenvalue weighted by atomic mass is 16.6. The van der Waals surface area contributed by atoms with Crippen molar-refractivity contribution in [1.29, 1.82) is 0 Å². The molecule has 0 bridgehead atoms. The topological polar surface area (TPSA) is 92.6 Å². The van der Waals surface area contributed by atoms with Gasteiger partial charge in [-0.3, -0.25) is 10.1 Å². The lowest BCUT2D eigenvalue weighted by Gasteiger charge is -2.35. The summed E-state index contributed by atoms with van der Waals surface area (Å²) in [4.78, 5) is 12.3. The molecule has 0 saturated carbocycles. The molecule has 6 heteroatoms. The lowest BCUT2D eigenvalue weighted by molar-refractivity contribution is -0.384. The first kappa shape index (κ1) is 12.6. The van der Waals surface area contributed by atoms with Crippen molar-refractivity contribution in [3.8, 4) is 0 Å². The number of nitrogens with two attached hydrogens (primary N) is 1. The normalized spacial score (nSPS) is 24.0. The molecule has 0 radical (unpaired) electrons. The van der Waals surface area contributed by atoms with E-state index in [1.54, 1.807) is 6.07 Å². The molecule has 1 saturated heterocycles. The molecule has 0 aromatic heterocycles. The van der Waals surface area contributed by atoms with Gasteiger partial charge in [0.2, 0.25) is 0 Å². The second kappa shape index (κ2) is 4.81. The highest BCUT2D eigenvalue weighted by Crippen LogP contribution is 2.28. The average molecular weight is 251 g/mol. The Balaban J connectivity index is 2.25. The maximum atomic E-state index is 10.8. The maximum Gasteiger partial charge on any atom is 0.273 e. The molecule has 1 aromatic carbocycles.